The second-order valence-corrected chi connectivity index (χ2v) is 10.0. The number of nitrogen functional groups attached to an aromatic ring is 1. The topological polar surface area (TPSA) is 191 Å². The molecule has 44 heavy (non-hydrogen) atoms. The number of phenols is 2. The maximum Gasteiger partial charge on any atom is 0.269 e. The van der Waals surface area contributed by atoms with E-state index in [2.05, 4.69) is 31.0 Å². The van der Waals surface area contributed by atoms with Gasteiger partial charge >= 0.3 is 0 Å². The fraction of sp³-hybridized carbons (Fsp3) is 0.0625. The first kappa shape index (κ1) is 29.2. The molecule has 0 aliphatic carbocycles. The number of hydrogen-bond donors (Lipinski definition) is 7. The van der Waals surface area contributed by atoms with E-state index in [1.54, 1.807) is 42.5 Å². The Morgan fingerprint density at radius 3 is 1.52 bits per heavy atom. The van der Waals surface area contributed by atoms with E-state index in [4.69, 9.17) is 5.73 Å². The summed E-state index contributed by atoms with van der Waals surface area (Å²) in [5, 5.41) is 50.2. The number of nitrogens with two attached hydrogens (primary N) is 1. The van der Waals surface area contributed by atoms with Crippen LogP contribution in [0.3, 0.4) is 0 Å². The van der Waals surface area contributed by atoms with E-state index in [1.165, 1.54) is 12.1 Å². The SMILES string of the molecule is Cc1cc(O)ccc1Nc1cc(-c2ccc(N)cc2)[nH]n1.Cc1cc(O)ccc1Nc1cc(-c2ccc([N+](=O)[O-])cc2)[nH]n1. The fourth-order valence-corrected chi connectivity index (χ4v) is 4.34. The highest BCUT2D eigenvalue weighted by molar-refractivity contribution is 5.70. The van der Waals surface area contributed by atoms with E-state index in [1.807, 2.05) is 56.3 Å². The Hall–Kier alpha value is -6.30. The Morgan fingerprint density at radius 2 is 1.11 bits per heavy atom. The van der Waals surface area contributed by atoms with Crippen molar-refractivity contribution in [3.63, 3.8) is 0 Å². The van der Waals surface area contributed by atoms with Gasteiger partial charge in [-0.05, 0) is 91.2 Å². The third kappa shape index (κ3) is 7.12. The number of nitro groups is 1. The van der Waals surface area contributed by atoms with Crippen LogP contribution in [-0.2, 0) is 0 Å². The Bertz CT molecular complexity index is 1900. The summed E-state index contributed by atoms with van der Waals surface area (Å²) in [5.74, 6) is 1.80. The van der Waals surface area contributed by atoms with E-state index < -0.39 is 4.92 Å². The Labute approximate surface area is 252 Å². The molecule has 0 aliphatic heterocycles. The highest BCUT2D eigenvalue weighted by Crippen LogP contribution is 2.28. The Morgan fingerprint density at radius 1 is 0.682 bits per heavy atom. The standard InChI is InChI=1S/C16H14N4O3.C16H16N4O/c1-10-8-13(21)6-7-14(10)17-16-9-15(18-19-16)11-2-4-12(5-3-11)20(22)23;1-10-8-13(21)6-7-14(10)18-16-9-15(19-20-16)11-2-4-12(17)5-3-11/h2-9,21H,1H3,(H2,17,18,19);2-9,21H,17H2,1H3,(H2,18,19,20). The molecule has 0 saturated heterocycles. The van der Waals surface area contributed by atoms with Gasteiger partial charge in [0.1, 0.15) is 11.5 Å². The number of rotatable bonds is 7. The maximum absolute atomic E-state index is 10.7. The van der Waals surface area contributed by atoms with Crippen molar-refractivity contribution in [1.82, 2.24) is 20.4 Å². The molecule has 0 saturated carbocycles. The smallest absolute Gasteiger partial charge is 0.269 e. The van der Waals surface area contributed by atoms with Crippen molar-refractivity contribution in [2.75, 3.05) is 16.4 Å². The molecule has 2 aromatic heterocycles. The normalized spacial score (nSPS) is 10.5. The zero-order chi connectivity index (χ0) is 31.2. The van der Waals surface area contributed by atoms with Gasteiger partial charge in [-0.1, -0.05) is 12.1 Å². The number of benzene rings is 4. The molecule has 0 atom stereocenters. The third-order valence-corrected chi connectivity index (χ3v) is 6.71. The van der Waals surface area contributed by atoms with Gasteiger partial charge in [-0.2, -0.15) is 10.2 Å². The van der Waals surface area contributed by atoms with E-state index in [-0.39, 0.29) is 17.2 Å². The van der Waals surface area contributed by atoms with Crippen LogP contribution >= 0.6 is 0 Å². The van der Waals surface area contributed by atoms with Crippen LogP contribution in [0.1, 0.15) is 11.1 Å². The van der Waals surface area contributed by atoms with Crippen LogP contribution < -0.4 is 16.4 Å². The first-order valence-corrected chi connectivity index (χ1v) is 13.5. The van der Waals surface area contributed by atoms with E-state index in [9.17, 15) is 20.3 Å². The Kier molecular flexibility index (Phi) is 8.43. The molecule has 0 aliphatic rings. The van der Waals surface area contributed by atoms with Crippen LogP contribution in [0.4, 0.5) is 34.4 Å². The van der Waals surface area contributed by atoms with Gasteiger partial charge in [-0.15, -0.1) is 0 Å². The molecular weight excluding hydrogens is 560 g/mol. The van der Waals surface area contributed by atoms with Gasteiger partial charge in [-0.25, -0.2) is 0 Å². The molecule has 0 bridgehead atoms. The molecule has 6 aromatic rings. The van der Waals surface area contributed by atoms with E-state index in [0.29, 0.717) is 5.82 Å². The van der Waals surface area contributed by atoms with Crippen molar-refractivity contribution in [3.8, 4) is 34.0 Å². The molecule has 6 rings (SSSR count). The van der Waals surface area contributed by atoms with Crippen molar-refractivity contribution >= 4 is 34.4 Å². The highest BCUT2D eigenvalue weighted by Gasteiger charge is 2.09. The summed E-state index contributed by atoms with van der Waals surface area (Å²) in [4.78, 5) is 10.2. The number of nitrogens with zero attached hydrogens (tertiary/aromatic N) is 3. The van der Waals surface area contributed by atoms with Crippen LogP contribution in [0, 0.1) is 24.0 Å². The largest absolute Gasteiger partial charge is 0.508 e. The molecule has 8 N–H and O–H groups in total. The summed E-state index contributed by atoms with van der Waals surface area (Å²) in [6.45, 7) is 3.81. The summed E-state index contributed by atoms with van der Waals surface area (Å²) in [7, 11) is 0. The first-order valence-electron chi connectivity index (χ1n) is 13.5. The molecule has 0 radical (unpaired) electrons. The monoisotopic (exact) mass is 590 g/mol. The van der Waals surface area contributed by atoms with Crippen molar-refractivity contribution < 1.29 is 15.1 Å². The molecule has 2 heterocycles. The lowest BCUT2D eigenvalue weighted by Crippen LogP contribution is -1.92. The molecule has 12 nitrogen and oxygen atoms in total. The molecule has 0 spiro atoms. The first-order chi connectivity index (χ1) is 21.1. The minimum absolute atomic E-state index is 0.0475. The molecule has 0 unspecified atom stereocenters. The van der Waals surface area contributed by atoms with Gasteiger partial charge < -0.3 is 26.6 Å². The number of hydrogen-bond acceptors (Lipinski definition) is 9. The van der Waals surface area contributed by atoms with Gasteiger partial charge in [0, 0.05) is 46.9 Å². The molecular formula is C32H30N8O4. The van der Waals surface area contributed by atoms with Crippen LogP contribution in [0.15, 0.2) is 97.1 Å². The van der Waals surface area contributed by atoms with E-state index in [0.717, 1.165) is 56.5 Å². The summed E-state index contributed by atoms with van der Waals surface area (Å²) in [6, 6.07) is 27.8. The van der Waals surface area contributed by atoms with Crippen molar-refractivity contribution in [1.29, 1.82) is 0 Å². The van der Waals surface area contributed by atoms with Crippen LogP contribution in [0.25, 0.3) is 22.5 Å². The van der Waals surface area contributed by atoms with Crippen molar-refractivity contribution in [2.45, 2.75) is 13.8 Å². The lowest BCUT2D eigenvalue weighted by molar-refractivity contribution is -0.384. The lowest BCUT2D eigenvalue weighted by atomic mass is 10.1. The minimum Gasteiger partial charge on any atom is -0.508 e. The Balaban J connectivity index is 0.000000175. The fourth-order valence-electron chi connectivity index (χ4n) is 4.34. The number of nitrogens with one attached hydrogen (secondary N) is 4. The minimum atomic E-state index is -0.433. The number of phenolic OH excluding ortho intramolecular Hbond substituents is 2. The molecule has 12 heteroatoms. The highest BCUT2D eigenvalue weighted by atomic mass is 16.6. The quantitative estimate of drug-likeness (QED) is 0.0437. The zero-order valence-corrected chi connectivity index (χ0v) is 23.9. The summed E-state index contributed by atoms with van der Waals surface area (Å²) in [6.07, 6.45) is 0. The maximum atomic E-state index is 10.7. The second-order valence-electron chi connectivity index (χ2n) is 10.0. The van der Waals surface area contributed by atoms with Crippen LogP contribution in [0.2, 0.25) is 0 Å². The summed E-state index contributed by atoms with van der Waals surface area (Å²) in [5.41, 5.74) is 13.5. The van der Waals surface area contributed by atoms with Gasteiger partial charge in [0.05, 0.1) is 16.3 Å². The average Bonchev–Trinajstić information content (AvgIpc) is 3.67. The van der Waals surface area contributed by atoms with Crippen LogP contribution in [-0.4, -0.2) is 35.5 Å². The predicted octanol–water partition coefficient (Wildman–Crippen LogP) is 7.16. The van der Waals surface area contributed by atoms with Crippen LogP contribution in [0.5, 0.6) is 11.5 Å². The third-order valence-electron chi connectivity index (χ3n) is 6.71. The van der Waals surface area contributed by atoms with Gasteiger partial charge in [0.15, 0.2) is 11.6 Å². The van der Waals surface area contributed by atoms with Gasteiger partial charge in [-0.3, -0.25) is 20.3 Å². The van der Waals surface area contributed by atoms with Gasteiger partial charge in [0.25, 0.3) is 5.69 Å². The number of H-pyrrole nitrogens is 2. The van der Waals surface area contributed by atoms with Crippen molar-refractivity contribution in [2.24, 2.45) is 0 Å². The summed E-state index contributed by atoms with van der Waals surface area (Å²) < 4.78 is 0. The number of non-ortho nitro benzene ring substituents is 1. The summed E-state index contributed by atoms with van der Waals surface area (Å²) >= 11 is 0. The number of aromatic nitrogens is 4. The number of aromatic hydroxyl groups is 2. The number of nitro benzene ring substituents is 1. The lowest BCUT2D eigenvalue weighted by Gasteiger charge is -2.06. The van der Waals surface area contributed by atoms with Gasteiger partial charge in [0.2, 0.25) is 0 Å². The molecule has 4 aromatic carbocycles. The molecule has 0 amide bonds. The molecule has 222 valence electrons. The average molecular weight is 591 g/mol. The van der Waals surface area contributed by atoms with E-state index >= 15 is 0 Å². The predicted molar refractivity (Wildman–Crippen MR) is 171 cm³/mol. The zero-order valence-electron chi connectivity index (χ0n) is 23.9. The number of anilines is 5. The number of aryl methyl sites for hydroxylation is 2. The second kappa shape index (κ2) is 12.7. The number of aromatic amines is 2. The molecule has 0 fully saturated rings. The van der Waals surface area contributed by atoms with Crippen molar-refractivity contribution in [3.05, 3.63) is 118 Å².